The fourth-order valence-electron chi connectivity index (χ4n) is 1.61. The number of hydrogen-bond donors (Lipinski definition) is 1. The van der Waals surface area contributed by atoms with Crippen molar-refractivity contribution in [2.75, 3.05) is 6.61 Å². The van der Waals surface area contributed by atoms with Gasteiger partial charge in [-0.15, -0.1) is 0 Å². The number of carbonyl (C=O) groups excluding carboxylic acids is 1. The van der Waals surface area contributed by atoms with E-state index in [0.717, 1.165) is 6.20 Å². The van der Waals surface area contributed by atoms with Crippen molar-refractivity contribution in [3.05, 3.63) is 35.0 Å². The van der Waals surface area contributed by atoms with Crippen LogP contribution in [0.5, 0.6) is 0 Å². The molecule has 7 heteroatoms. The molecule has 0 atom stereocenters. The van der Waals surface area contributed by atoms with Gasteiger partial charge in [0, 0.05) is 6.20 Å². The monoisotopic (exact) mass is 261 g/mol. The van der Waals surface area contributed by atoms with Crippen LogP contribution in [0.3, 0.4) is 0 Å². The number of ether oxygens (including phenoxy) is 1. The quantitative estimate of drug-likeness (QED) is 0.391. The van der Waals surface area contributed by atoms with Crippen LogP contribution in [0.4, 0.5) is 17.6 Å². The Morgan fingerprint density at radius 3 is 2.39 bits per heavy atom. The third-order valence-corrected chi connectivity index (χ3v) is 2.39. The molecule has 0 aliphatic carbocycles. The maximum absolute atomic E-state index is 13.5. The summed E-state index contributed by atoms with van der Waals surface area (Å²) in [5.41, 5.74) is -1.00. The fraction of sp³-hybridized carbons (Fsp3) is 0.182. The van der Waals surface area contributed by atoms with Gasteiger partial charge in [0.1, 0.15) is 0 Å². The van der Waals surface area contributed by atoms with Crippen molar-refractivity contribution in [1.29, 1.82) is 0 Å². The van der Waals surface area contributed by atoms with E-state index in [9.17, 15) is 22.4 Å². The molecule has 1 aromatic carbocycles. The average Bonchev–Trinajstić information content (AvgIpc) is 2.79. The maximum atomic E-state index is 13.5. The van der Waals surface area contributed by atoms with Gasteiger partial charge < -0.3 is 9.72 Å². The number of halogens is 4. The lowest BCUT2D eigenvalue weighted by molar-refractivity contribution is 0.0528. The van der Waals surface area contributed by atoms with E-state index in [1.165, 1.54) is 6.92 Å². The molecule has 0 amide bonds. The molecule has 3 nitrogen and oxygen atoms in total. The largest absolute Gasteiger partial charge is 0.462 e. The highest BCUT2D eigenvalue weighted by molar-refractivity contribution is 6.04. The van der Waals surface area contributed by atoms with Gasteiger partial charge in [0.2, 0.25) is 0 Å². The molecule has 0 spiro atoms. The Morgan fingerprint density at radius 1 is 1.17 bits per heavy atom. The molecule has 1 aromatic heterocycles. The van der Waals surface area contributed by atoms with Crippen LogP contribution in [0.15, 0.2) is 6.20 Å². The normalized spacial score (nSPS) is 10.9. The van der Waals surface area contributed by atoms with Crippen LogP contribution in [0.25, 0.3) is 10.9 Å². The number of esters is 1. The van der Waals surface area contributed by atoms with Crippen molar-refractivity contribution >= 4 is 16.9 Å². The van der Waals surface area contributed by atoms with E-state index in [1.807, 2.05) is 0 Å². The lowest BCUT2D eigenvalue weighted by Crippen LogP contribution is -2.05. The molecule has 0 fully saturated rings. The summed E-state index contributed by atoms with van der Waals surface area (Å²) < 4.78 is 57.5. The summed E-state index contributed by atoms with van der Waals surface area (Å²) in [6, 6.07) is 0. The molecule has 1 N–H and O–H groups in total. The van der Waals surface area contributed by atoms with Gasteiger partial charge in [-0.2, -0.15) is 0 Å². The minimum absolute atomic E-state index is 0.0132. The van der Waals surface area contributed by atoms with Gasteiger partial charge in [-0.25, -0.2) is 22.4 Å². The Morgan fingerprint density at radius 2 is 1.78 bits per heavy atom. The lowest BCUT2D eigenvalue weighted by atomic mass is 10.1. The Kier molecular flexibility index (Phi) is 2.98. The van der Waals surface area contributed by atoms with Crippen LogP contribution in [0, 0.1) is 23.3 Å². The van der Waals surface area contributed by atoms with Crippen molar-refractivity contribution in [3.63, 3.8) is 0 Å². The summed E-state index contributed by atoms with van der Waals surface area (Å²) in [5.74, 6) is -8.07. The minimum atomic E-state index is -1.97. The highest BCUT2D eigenvalue weighted by Crippen LogP contribution is 2.29. The highest BCUT2D eigenvalue weighted by atomic mass is 19.2. The number of aromatic nitrogens is 1. The molecule has 96 valence electrons. The molecule has 0 saturated carbocycles. The van der Waals surface area contributed by atoms with Gasteiger partial charge in [-0.05, 0) is 6.92 Å². The zero-order chi connectivity index (χ0) is 13.4. The number of carbonyl (C=O) groups is 1. The lowest BCUT2D eigenvalue weighted by Gasteiger charge is -2.03. The van der Waals surface area contributed by atoms with Crippen molar-refractivity contribution in [1.82, 2.24) is 4.98 Å². The molecule has 0 bridgehead atoms. The van der Waals surface area contributed by atoms with E-state index < -0.39 is 40.1 Å². The van der Waals surface area contributed by atoms with Gasteiger partial charge >= 0.3 is 5.97 Å². The van der Waals surface area contributed by atoms with Crippen LogP contribution in [-0.2, 0) is 4.74 Å². The van der Waals surface area contributed by atoms with Gasteiger partial charge in [-0.1, -0.05) is 0 Å². The summed E-state index contributed by atoms with van der Waals surface area (Å²) >= 11 is 0. The molecular weight excluding hydrogens is 254 g/mol. The zero-order valence-corrected chi connectivity index (χ0v) is 9.11. The standard InChI is InChI=1S/C11H7F4NO2/c1-2-18-11(17)4-3-16-10-5(4)6(12)7(13)8(14)9(10)15/h3,16H,2H2,1H3. The number of nitrogens with one attached hydrogen (secondary N) is 1. The molecule has 1 heterocycles. The Bertz CT molecular complexity index is 636. The predicted octanol–water partition coefficient (Wildman–Crippen LogP) is 2.90. The smallest absolute Gasteiger partial charge is 0.340 e. The second-order valence-electron chi connectivity index (χ2n) is 3.43. The maximum Gasteiger partial charge on any atom is 0.340 e. The Labute approximate surface area is 98.4 Å². The summed E-state index contributed by atoms with van der Waals surface area (Å²) in [6.07, 6.45) is 0.938. The van der Waals surface area contributed by atoms with E-state index >= 15 is 0 Å². The number of hydrogen-bond acceptors (Lipinski definition) is 2. The van der Waals surface area contributed by atoms with Crippen molar-refractivity contribution in [2.45, 2.75) is 6.92 Å². The topological polar surface area (TPSA) is 42.1 Å². The predicted molar refractivity (Wildman–Crippen MR) is 54.1 cm³/mol. The molecule has 18 heavy (non-hydrogen) atoms. The number of fused-ring (bicyclic) bond motifs is 1. The zero-order valence-electron chi connectivity index (χ0n) is 9.11. The van der Waals surface area contributed by atoms with Gasteiger partial charge in [0.25, 0.3) is 0 Å². The molecule has 0 aliphatic heterocycles. The SMILES string of the molecule is CCOC(=O)c1c[nH]c2c(F)c(F)c(F)c(F)c12. The number of H-pyrrole nitrogens is 1. The second kappa shape index (κ2) is 4.32. The first-order chi connectivity index (χ1) is 8.49. The van der Waals surface area contributed by atoms with Gasteiger partial charge in [-0.3, -0.25) is 0 Å². The van der Waals surface area contributed by atoms with E-state index in [0.29, 0.717) is 0 Å². The fourth-order valence-corrected chi connectivity index (χ4v) is 1.61. The van der Waals surface area contributed by atoms with Crippen LogP contribution in [0.2, 0.25) is 0 Å². The van der Waals surface area contributed by atoms with Crippen molar-refractivity contribution < 1.29 is 27.1 Å². The number of aromatic amines is 1. The van der Waals surface area contributed by atoms with Crippen LogP contribution < -0.4 is 0 Å². The molecule has 0 saturated heterocycles. The van der Waals surface area contributed by atoms with E-state index in [1.54, 1.807) is 0 Å². The molecule has 0 radical (unpaired) electrons. The van der Waals surface area contributed by atoms with Gasteiger partial charge in [0.15, 0.2) is 23.3 Å². The summed E-state index contributed by atoms with van der Waals surface area (Å²) in [6.45, 7) is 1.53. The third-order valence-electron chi connectivity index (χ3n) is 2.39. The molecule has 0 aliphatic rings. The summed E-state index contributed by atoms with van der Waals surface area (Å²) in [4.78, 5) is 13.6. The first kappa shape index (κ1) is 12.4. The van der Waals surface area contributed by atoms with Crippen LogP contribution in [0.1, 0.15) is 17.3 Å². The van der Waals surface area contributed by atoms with Crippen LogP contribution >= 0.6 is 0 Å². The number of rotatable bonds is 2. The Balaban J connectivity index is 2.77. The highest BCUT2D eigenvalue weighted by Gasteiger charge is 2.26. The van der Waals surface area contributed by atoms with Crippen molar-refractivity contribution in [2.24, 2.45) is 0 Å². The second-order valence-corrected chi connectivity index (χ2v) is 3.43. The summed E-state index contributed by atoms with van der Waals surface area (Å²) in [5, 5.41) is -0.662. The summed E-state index contributed by atoms with van der Waals surface area (Å²) in [7, 11) is 0. The molecule has 2 aromatic rings. The average molecular weight is 261 g/mol. The van der Waals surface area contributed by atoms with E-state index in [-0.39, 0.29) is 12.2 Å². The first-order valence-corrected chi connectivity index (χ1v) is 4.99. The first-order valence-electron chi connectivity index (χ1n) is 4.99. The minimum Gasteiger partial charge on any atom is -0.462 e. The third kappa shape index (κ3) is 1.62. The van der Waals surface area contributed by atoms with E-state index in [4.69, 9.17) is 0 Å². The van der Waals surface area contributed by atoms with Crippen LogP contribution in [-0.4, -0.2) is 17.6 Å². The molecule has 0 unspecified atom stereocenters. The Hall–Kier alpha value is -2.05. The van der Waals surface area contributed by atoms with Crippen molar-refractivity contribution in [3.8, 4) is 0 Å². The van der Waals surface area contributed by atoms with E-state index in [2.05, 4.69) is 9.72 Å². The number of benzene rings is 1. The molecular formula is C11H7F4NO2. The van der Waals surface area contributed by atoms with Gasteiger partial charge in [0.05, 0.1) is 23.1 Å². The molecule has 2 rings (SSSR count).